The number of hydrogen-bond donors (Lipinski definition) is 1. The minimum atomic E-state index is -3.26. The van der Waals surface area contributed by atoms with Crippen molar-refractivity contribution in [3.05, 3.63) is 24.3 Å². The average Bonchev–Trinajstić information content (AvgIpc) is 2.27. The van der Waals surface area contributed by atoms with E-state index >= 15 is 0 Å². The van der Waals surface area contributed by atoms with Crippen LogP contribution in [0.1, 0.15) is 13.3 Å². The van der Waals surface area contributed by atoms with Crippen molar-refractivity contribution in [2.45, 2.75) is 19.4 Å². The van der Waals surface area contributed by atoms with Crippen LogP contribution in [0.4, 0.5) is 0 Å². The van der Waals surface area contributed by atoms with Gasteiger partial charge in [0.1, 0.15) is 0 Å². The van der Waals surface area contributed by atoms with Gasteiger partial charge in [-0.1, -0.05) is 18.2 Å². The highest BCUT2D eigenvalue weighted by Gasteiger charge is 2.34. The third kappa shape index (κ3) is 4.86. The molecule has 0 saturated carbocycles. The van der Waals surface area contributed by atoms with Gasteiger partial charge < -0.3 is 10.0 Å². The predicted molar refractivity (Wildman–Crippen MR) is 70.4 cm³/mol. The van der Waals surface area contributed by atoms with E-state index in [2.05, 4.69) is 0 Å². The summed E-state index contributed by atoms with van der Waals surface area (Å²) in [5.74, 6) is -1.88. The van der Waals surface area contributed by atoms with E-state index in [1.165, 1.54) is 11.0 Å². The lowest BCUT2D eigenvalue weighted by molar-refractivity contribution is -0.139. The zero-order valence-corrected chi connectivity index (χ0v) is 11.5. The highest BCUT2D eigenvalue weighted by Crippen LogP contribution is 2.15. The van der Waals surface area contributed by atoms with Crippen LogP contribution >= 0.6 is 0 Å². The number of carbonyl (C=O) groups excluding carboxylic acids is 1. The minimum absolute atomic E-state index is 0.0410. The molecule has 1 amide bonds. The van der Waals surface area contributed by atoms with Crippen molar-refractivity contribution in [1.29, 1.82) is 0 Å². The van der Waals surface area contributed by atoms with Gasteiger partial charge in [0, 0.05) is 12.6 Å². The van der Waals surface area contributed by atoms with E-state index in [1.54, 1.807) is 25.2 Å². The van der Waals surface area contributed by atoms with Crippen molar-refractivity contribution in [3.63, 3.8) is 0 Å². The van der Waals surface area contributed by atoms with Crippen LogP contribution in [0.15, 0.2) is 24.3 Å². The number of carboxylic acid groups (broad SMARTS) is 1. The first-order chi connectivity index (χ1) is 8.85. The van der Waals surface area contributed by atoms with Crippen LogP contribution in [0.25, 0.3) is 0 Å². The third-order valence-electron chi connectivity index (χ3n) is 2.77. The molecule has 6 nitrogen and oxygen atoms in total. The highest BCUT2D eigenvalue weighted by atomic mass is 32.2. The fraction of sp³-hybridized carbons (Fsp3) is 0.500. The summed E-state index contributed by atoms with van der Waals surface area (Å²) in [4.78, 5) is 24.0. The van der Waals surface area contributed by atoms with Crippen LogP contribution in [0.5, 0.6) is 0 Å². The summed E-state index contributed by atoms with van der Waals surface area (Å²) in [6.45, 7) is 1.84. The largest absolute Gasteiger partial charge is 0.481 e. The Morgan fingerprint density at radius 2 is 2.05 bits per heavy atom. The van der Waals surface area contributed by atoms with E-state index in [-0.39, 0.29) is 30.4 Å². The molecule has 19 heavy (non-hydrogen) atoms. The SMILES string of the molecule is C/C=C/C=CC(=O)N1CCS(=O)(=O)CC1CC(=O)O. The monoisotopic (exact) mass is 287 g/mol. The van der Waals surface area contributed by atoms with Crippen LogP contribution in [0, 0.1) is 0 Å². The van der Waals surface area contributed by atoms with Crippen molar-refractivity contribution in [1.82, 2.24) is 4.90 Å². The molecule has 0 spiro atoms. The Labute approximate surface area is 112 Å². The van der Waals surface area contributed by atoms with Gasteiger partial charge in [-0.25, -0.2) is 8.42 Å². The number of hydrogen-bond acceptors (Lipinski definition) is 4. The molecule has 0 aromatic carbocycles. The topological polar surface area (TPSA) is 91.8 Å². The zero-order chi connectivity index (χ0) is 14.5. The Morgan fingerprint density at radius 3 is 2.63 bits per heavy atom. The van der Waals surface area contributed by atoms with Crippen molar-refractivity contribution in [3.8, 4) is 0 Å². The highest BCUT2D eigenvalue weighted by molar-refractivity contribution is 7.91. The van der Waals surface area contributed by atoms with E-state index in [0.717, 1.165) is 0 Å². The van der Waals surface area contributed by atoms with E-state index in [0.29, 0.717) is 0 Å². The third-order valence-corrected chi connectivity index (χ3v) is 4.46. The van der Waals surface area contributed by atoms with Gasteiger partial charge in [-0.05, 0) is 6.92 Å². The van der Waals surface area contributed by atoms with Gasteiger partial charge in [0.2, 0.25) is 5.91 Å². The molecule has 1 heterocycles. The van der Waals surface area contributed by atoms with Gasteiger partial charge in [-0.15, -0.1) is 0 Å². The number of allylic oxidation sites excluding steroid dienone is 3. The molecule has 1 atom stereocenters. The molecule has 0 aliphatic carbocycles. The second kappa shape index (κ2) is 6.51. The standard InChI is InChI=1S/C12H17NO5S/c1-2-3-4-5-11(14)13-6-7-19(17,18)9-10(13)8-12(15)16/h2-5,10H,6-9H2,1H3,(H,15,16)/b3-2+,5-4?. The van der Waals surface area contributed by atoms with Crippen LogP contribution in [-0.2, 0) is 19.4 Å². The van der Waals surface area contributed by atoms with Gasteiger partial charge in [0.25, 0.3) is 0 Å². The molecular formula is C12H17NO5S. The molecule has 1 aliphatic heterocycles. The maximum Gasteiger partial charge on any atom is 0.305 e. The zero-order valence-electron chi connectivity index (χ0n) is 10.7. The Balaban J connectivity index is 2.84. The summed E-state index contributed by atoms with van der Waals surface area (Å²) in [7, 11) is -3.26. The molecule has 1 saturated heterocycles. The van der Waals surface area contributed by atoms with Crippen LogP contribution in [0.2, 0.25) is 0 Å². The first-order valence-electron chi connectivity index (χ1n) is 5.88. The molecule has 0 aromatic heterocycles. The quantitative estimate of drug-likeness (QED) is 0.590. The summed E-state index contributed by atoms with van der Waals surface area (Å²) in [5.41, 5.74) is 0. The smallest absolute Gasteiger partial charge is 0.305 e. The predicted octanol–water partition coefficient (Wildman–Crippen LogP) is 0.219. The molecule has 0 bridgehead atoms. The lowest BCUT2D eigenvalue weighted by atomic mass is 10.2. The van der Waals surface area contributed by atoms with Gasteiger partial charge >= 0.3 is 5.97 Å². The Morgan fingerprint density at radius 1 is 1.37 bits per heavy atom. The van der Waals surface area contributed by atoms with Crippen molar-refractivity contribution in [2.75, 3.05) is 18.1 Å². The number of sulfone groups is 1. The van der Waals surface area contributed by atoms with E-state index in [4.69, 9.17) is 5.11 Å². The van der Waals surface area contributed by atoms with Crippen molar-refractivity contribution in [2.24, 2.45) is 0 Å². The van der Waals surface area contributed by atoms with Gasteiger partial charge in [-0.3, -0.25) is 9.59 Å². The summed E-state index contributed by atoms with van der Waals surface area (Å²) >= 11 is 0. The van der Waals surface area contributed by atoms with E-state index < -0.39 is 21.8 Å². The number of carbonyl (C=O) groups is 2. The number of amides is 1. The lowest BCUT2D eigenvalue weighted by Gasteiger charge is -2.33. The average molecular weight is 287 g/mol. The molecule has 1 aliphatic rings. The molecular weight excluding hydrogens is 270 g/mol. The van der Waals surface area contributed by atoms with Crippen LogP contribution < -0.4 is 0 Å². The number of rotatable bonds is 4. The normalized spacial score (nSPS) is 23.0. The molecule has 1 fully saturated rings. The molecule has 1 rings (SSSR count). The molecule has 106 valence electrons. The second-order valence-corrected chi connectivity index (χ2v) is 6.51. The Hall–Kier alpha value is -1.63. The fourth-order valence-electron chi connectivity index (χ4n) is 1.89. The van der Waals surface area contributed by atoms with Crippen LogP contribution in [0.3, 0.4) is 0 Å². The molecule has 7 heteroatoms. The first kappa shape index (κ1) is 15.4. The van der Waals surface area contributed by atoms with Crippen LogP contribution in [-0.4, -0.2) is 54.4 Å². The maximum absolute atomic E-state index is 11.9. The lowest BCUT2D eigenvalue weighted by Crippen LogP contribution is -2.51. The molecule has 0 aromatic rings. The molecule has 1 unspecified atom stereocenters. The van der Waals surface area contributed by atoms with Crippen molar-refractivity contribution >= 4 is 21.7 Å². The van der Waals surface area contributed by atoms with Gasteiger partial charge in [-0.2, -0.15) is 0 Å². The molecule has 1 N–H and O–H groups in total. The summed E-state index contributed by atoms with van der Waals surface area (Å²) in [6, 6.07) is -0.793. The Kier molecular flexibility index (Phi) is 5.29. The van der Waals surface area contributed by atoms with Crippen molar-refractivity contribution < 1.29 is 23.1 Å². The maximum atomic E-state index is 11.9. The number of aliphatic carboxylic acids is 1. The first-order valence-corrected chi connectivity index (χ1v) is 7.70. The molecule has 0 radical (unpaired) electrons. The van der Waals surface area contributed by atoms with E-state index in [9.17, 15) is 18.0 Å². The summed E-state index contributed by atoms with van der Waals surface area (Å²) in [5, 5.41) is 8.79. The minimum Gasteiger partial charge on any atom is -0.481 e. The summed E-state index contributed by atoms with van der Waals surface area (Å²) < 4.78 is 23.0. The summed E-state index contributed by atoms with van der Waals surface area (Å²) in [6.07, 6.45) is 5.92. The van der Waals surface area contributed by atoms with E-state index in [1.807, 2.05) is 0 Å². The number of carboxylic acids is 1. The fourth-order valence-corrected chi connectivity index (χ4v) is 3.42. The number of nitrogens with zero attached hydrogens (tertiary/aromatic N) is 1. The van der Waals surface area contributed by atoms with Gasteiger partial charge in [0.05, 0.1) is 24.0 Å². The van der Waals surface area contributed by atoms with Gasteiger partial charge in [0.15, 0.2) is 9.84 Å². The Bertz CT molecular complexity index is 506. The second-order valence-electron chi connectivity index (χ2n) is 4.28.